The van der Waals surface area contributed by atoms with Crippen LogP contribution in [0.25, 0.3) is 0 Å². The molecule has 1 amide bonds. The van der Waals surface area contributed by atoms with E-state index in [1.165, 1.54) is 0 Å². The molecule has 0 fully saturated rings. The second kappa shape index (κ2) is 7.49. The van der Waals surface area contributed by atoms with E-state index in [1.807, 2.05) is 0 Å². The standard InChI is InChI=1S/C12H12BrNO6/c13-8-2-1-3-9(4-8)20-7-10(15)14(5-11(16)17)6-12(18)19/h1-4H,5-7H2,(H,16,17)(H,18,19). The van der Waals surface area contributed by atoms with Crippen molar-refractivity contribution in [1.29, 1.82) is 0 Å². The summed E-state index contributed by atoms with van der Waals surface area (Å²) in [5.41, 5.74) is 0. The van der Waals surface area contributed by atoms with Gasteiger partial charge in [0.2, 0.25) is 0 Å². The molecule has 1 aromatic rings. The monoisotopic (exact) mass is 345 g/mol. The Kier molecular flexibility index (Phi) is 5.98. The summed E-state index contributed by atoms with van der Waals surface area (Å²) in [4.78, 5) is 33.6. The predicted octanol–water partition coefficient (Wildman–Crippen LogP) is 0.826. The predicted molar refractivity (Wildman–Crippen MR) is 71.5 cm³/mol. The van der Waals surface area contributed by atoms with Gasteiger partial charge in [-0.3, -0.25) is 14.4 Å². The largest absolute Gasteiger partial charge is 0.484 e. The first-order valence-corrected chi connectivity index (χ1v) is 6.27. The molecule has 0 aliphatic heterocycles. The van der Waals surface area contributed by atoms with E-state index in [-0.39, 0.29) is 0 Å². The molecule has 8 heteroatoms. The average Bonchev–Trinajstić information content (AvgIpc) is 2.34. The fraction of sp³-hybridized carbons (Fsp3) is 0.250. The maximum absolute atomic E-state index is 11.7. The zero-order valence-electron chi connectivity index (χ0n) is 10.3. The summed E-state index contributed by atoms with van der Waals surface area (Å²) >= 11 is 3.23. The highest BCUT2D eigenvalue weighted by molar-refractivity contribution is 9.10. The van der Waals surface area contributed by atoms with Crippen molar-refractivity contribution >= 4 is 33.8 Å². The molecule has 2 N–H and O–H groups in total. The first-order chi connectivity index (χ1) is 9.38. The van der Waals surface area contributed by atoms with Gasteiger partial charge in [-0.1, -0.05) is 22.0 Å². The topological polar surface area (TPSA) is 104 Å². The van der Waals surface area contributed by atoms with Gasteiger partial charge in [-0.2, -0.15) is 0 Å². The molecule has 0 aliphatic rings. The van der Waals surface area contributed by atoms with E-state index >= 15 is 0 Å². The zero-order chi connectivity index (χ0) is 15.1. The lowest BCUT2D eigenvalue weighted by molar-refractivity contribution is -0.150. The van der Waals surface area contributed by atoms with Gasteiger partial charge in [0.05, 0.1) is 0 Å². The summed E-state index contributed by atoms with van der Waals surface area (Å²) < 4.78 is 5.95. The number of ether oxygens (including phenoxy) is 1. The number of carboxylic acid groups (broad SMARTS) is 2. The third-order valence-corrected chi connectivity index (χ3v) is 2.66. The Bertz CT molecular complexity index is 502. The SMILES string of the molecule is O=C(O)CN(CC(=O)O)C(=O)COc1cccc(Br)c1. The normalized spacial score (nSPS) is 9.85. The highest BCUT2D eigenvalue weighted by Gasteiger charge is 2.20. The van der Waals surface area contributed by atoms with Crippen LogP contribution in [0.1, 0.15) is 0 Å². The number of hydrogen-bond acceptors (Lipinski definition) is 4. The molecule has 0 aliphatic carbocycles. The molecule has 1 aromatic carbocycles. The van der Waals surface area contributed by atoms with Crippen molar-refractivity contribution in [2.45, 2.75) is 0 Å². The van der Waals surface area contributed by atoms with Crippen LogP contribution < -0.4 is 4.74 Å². The Morgan fingerprint density at radius 3 is 2.25 bits per heavy atom. The quantitative estimate of drug-likeness (QED) is 0.758. The van der Waals surface area contributed by atoms with E-state index in [0.29, 0.717) is 10.6 Å². The van der Waals surface area contributed by atoms with Crippen molar-refractivity contribution in [3.05, 3.63) is 28.7 Å². The fourth-order valence-corrected chi connectivity index (χ4v) is 1.73. The molecule has 1 rings (SSSR count). The highest BCUT2D eigenvalue weighted by atomic mass is 79.9. The number of rotatable bonds is 7. The molecule has 0 saturated carbocycles. The van der Waals surface area contributed by atoms with Gasteiger partial charge in [0.15, 0.2) is 6.61 Å². The average molecular weight is 346 g/mol. The van der Waals surface area contributed by atoms with Crippen LogP contribution in [0.5, 0.6) is 5.75 Å². The third-order valence-electron chi connectivity index (χ3n) is 2.16. The van der Waals surface area contributed by atoms with Gasteiger partial charge in [-0.15, -0.1) is 0 Å². The van der Waals surface area contributed by atoms with Crippen LogP contribution in [0.3, 0.4) is 0 Å². The number of aliphatic carboxylic acids is 2. The van der Waals surface area contributed by atoms with Crippen molar-refractivity contribution in [2.24, 2.45) is 0 Å². The lowest BCUT2D eigenvalue weighted by Crippen LogP contribution is -2.41. The van der Waals surface area contributed by atoms with Gasteiger partial charge in [-0.25, -0.2) is 0 Å². The summed E-state index contributed by atoms with van der Waals surface area (Å²) in [6.45, 7) is -1.81. The number of nitrogens with zero attached hydrogens (tertiary/aromatic N) is 1. The summed E-state index contributed by atoms with van der Waals surface area (Å²) in [5, 5.41) is 17.3. The Hall–Kier alpha value is -2.09. The summed E-state index contributed by atoms with van der Waals surface area (Å²) in [7, 11) is 0. The van der Waals surface area contributed by atoms with Crippen LogP contribution >= 0.6 is 15.9 Å². The molecule has 0 radical (unpaired) electrons. The minimum absolute atomic E-state index is 0.415. The van der Waals surface area contributed by atoms with E-state index < -0.39 is 37.5 Å². The van der Waals surface area contributed by atoms with Crippen LogP contribution in [0.15, 0.2) is 28.7 Å². The summed E-state index contributed by atoms with van der Waals surface area (Å²) in [6, 6.07) is 6.73. The minimum Gasteiger partial charge on any atom is -0.484 e. The number of benzene rings is 1. The Balaban J connectivity index is 2.61. The minimum atomic E-state index is -1.29. The van der Waals surface area contributed by atoms with Gasteiger partial charge < -0.3 is 19.8 Å². The zero-order valence-corrected chi connectivity index (χ0v) is 11.9. The lowest BCUT2D eigenvalue weighted by Gasteiger charge is -2.18. The maximum atomic E-state index is 11.7. The van der Waals surface area contributed by atoms with Crippen LogP contribution in [0, 0.1) is 0 Å². The molecule has 0 aromatic heterocycles. The van der Waals surface area contributed by atoms with E-state index in [4.69, 9.17) is 14.9 Å². The number of carbonyl (C=O) groups excluding carboxylic acids is 1. The molecular weight excluding hydrogens is 334 g/mol. The number of amides is 1. The number of hydrogen-bond donors (Lipinski definition) is 2. The second-order valence-corrected chi connectivity index (χ2v) is 4.70. The lowest BCUT2D eigenvalue weighted by atomic mass is 10.3. The van der Waals surface area contributed by atoms with Gasteiger partial charge >= 0.3 is 11.9 Å². The van der Waals surface area contributed by atoms with Crippen molar-refractivity contribution in [3.8, 4) is 5.75 Å². The third kappa shape index (κ3) is 5.70. The molecule has 0 unspecified atom stereocenters. The van der Waals surface area contributed by atoms with Gasteiger partial charge in [0.1, 0.15) is 18.8 Å². The van der Waals surface area contributed by atoms with E-state index in [9.17, 15) is 14.4 Å². The van der Waals surface area contributed by atoms with Crippen molar-refractivity contribution < 1.29 is 29.3 Å². The Morgan fingerprint density at radius 2 is 1.75 bits per heavy atom. The van der Waals surface area contributed by atoms with Crippen LogP contribution in [0.4, 0.5) is 0 Å². The Morgan fingerprint density at radius 1 is 1.15 bits per heavy atom. The molecule has 0 heterocycles. The molecule has 108 valence electrons. The van der Waals surface area contributed by atoms with Crippen molar-refractivity contribution in [1.82, 2.24) is 4.90 Å². The van der Waals surface area contributed by atoms with E-state index in [1.54, 1.807) is 24.3 Å². The van der Waals surface area contributed by atoms with Gasteiger partial charge in [-0.05, 0) is 18.2 Å². The molecule has 0 saturated heterocycles. The molecule has 20 heavy (non-hydrogen) atoms. The van der Waals surface area contributed by atoms with Crippen LogP contribution in [-0.2, 0) is 14.4 Å². The Labute approximate surface area is 122 Å². The van der Waals surface area contributed by atoms with Crippen molar-refractivity contribution in [2.75, 3.05) is 19.7 Å². The fourth-order valence-electron chi connectivity index (χ4n) is 1.35. The number of carbonyl (C=O) groups is 3. The molecule has 0 bridgehead atoms. The van der Waals surface area contributed by atoms with Gasteiger partial charge in [0.25, 0.3) is 5.91 Å². The maximum Gasteiger partial charge on any atom is 0.323 e. The van der Waals surface area contributed by atoms with Crippen LogP contribution in [0.2, 0.25) is 0 Å². The first-order valence-electron chi connectivity index (χ1n) is 5.48. The first kappa shape index (κ1) is 16.0. The van der Waals surface area contributed by atoms with Gasteiger partial charge in [0, 0.05) is 4.47 Å². The summed E-state index contributed by atoms with van der Waals surface area (Å²) in [6.07, 6.45) is 0. The summed E-state index contributed by atoms with van der Waals surface area (Å²) in [5.74, 6) is -2.88. The van der Waals surface area contributed by atoms with E-state index in [2.05, 4.69) is 15.9 Å². The highest BCUT2D eigenvalue weighted by Crippen LogP contribution is 2.17. The van der Waals surface area contributed by atoms with Crippen LogP contribution in [-0.4, -0.2) is 52.7 Å². The van der Waals surface area contributed by atoms with Crippen molar-refractivity contribution in [3.63, 3.8) is 0 Å². The number of carboxylic acids is 2. The molecule has 0 spiro atoms. The smallest absolute Gasteiger partial charge is 0.323 e. The molecular formula is C12H12BrNO6. The molecule has 0 atom stereocenters. The second-order valence-electron chi connectivity index (χ2n) is 3.78. The van der Waals surface area contributed by atoms with E-state index in [0.717, 1.165) is 4.47 Å². The molecule has 7 nitrogen and oxygen atoms in total. The number of halogens is 1.